The summed E-state index contributed by atoms with van der Waals surface area (Å²) in [6, 6.07) is 15.8. The lowest BCUT2D eigenvalue weighted by molar-refractivity contribution is 0.0949. The summed E-state index contributed by atoms with van der Waals surface area (Å²) in [5.41, 5.74) is 1.16. The van der Waals surface area contributed by atoms with Crippen molar-refractivity contribution in [3.05, 3.63) is 75.6 Å². The van der Waals surface area contributed by atoms with Gasteiger partial charge >= 0.3 is 0 Å². The van der Waals surface area contributed by atoms with Crippen LogP contribution in [-0.2, 0) is 0 Å². The van der Waals surface area contributed by atoms with Gasteiger partial charge in [-0.2, -0.15) is 0 Å². The SMILES string of the molecule is COc1ccc(OCCNC(=O)c2sc(NC(=O)c3ccccc3Cl)cc2C)cc1. The number of benzene rings is 2. The summed E-state index contributed by atoms with van der Waals surface area (Å²) in [6.45, 7) is 2.51. The third-order valence-electron chi connectivity index (χ3n) is 4.20. The predicted octanol–water partition coefficient (Wildman–Crippen LogP) is 4.78. The van der Waals surface area contributed by atoms with Crippen molar-refractivity contribution in [2.75, 3.05) is 25.6 Å². The minimum Gasteiger partial charge on any atom is -0.497 e. The second kappa shape index (κ2) is 10.1. The number of carbonyl (C=O) groups excluding carboxylic acids is 2. The van der Waals surface area contributed by atoms with Gasteiger partial charge in [0.05, 0.1) is 34.1 Å². The zero-order valence-corrected chi connectivity index (χ0v) is 18.1. The molecule has 30 heavy (non-hydrogen) atoms. The number of hydrogen-bond acceptors (Lipinski definition) is 5. The number of rotatable bonds is 8. The van der Waals surface area contributed by atoms with E-state index in [4.69, 9.17) is 21.1 Å². The van der Waals surface area contributed by atoms with Crippen LogP contribution < -0.4 is 20.1 Å². The first-order valence-electron chi connectivity index (χ1n) is 9.19. The molecule has 0 fully saturated rings. The first kappa shape index (κ1) is 21.7. The van der Waals surface area contributed by atoms with E-state index in [0.717, 1.165) is 11.3 Å². The lowest BCUT2D eigenvalue weighted by atomic mass is 10.2. The first-order valence-corrected chi connectivity index (χ1v) is 10.4. The van der Waals surface area contributed by atoms with Gasteiger partial charge in [0.25, 0.3) is 11.8 Å². The van der Waals surface area contributed by atoms with Crippen LogP contribution in [0.1, 0.15) is 25.6 Å². The number of aryl methyl sites for hydroxylation is 1. The Morgan fingerprint density at radius 1 is 1.03 bits per heavy atom. The van der Waals surface area contributed by atoms with Crippen molar-refractivity contribution in [1.82, 2.24) is 5.32 Å². The maximum atomic E-state index is 12.5. The molecular formula is C22H21ClN2O4S. The molecule has 2 N–H and O–H groups in total. The van der Waals surface area contributed by atoms with Gasteiger partial charge in [-0.15, -0.1) is 11.3 Å². The highest BCUT2D eigenvalue weighted by molar-refractivity contribution is 7.18. The fraction of sp³-hybridized carbons (Fsp3) is 0.182. The van der Waals surface area contributed by atoms with Gasteiger partial charge in [-0.3, -0.25) is 9.59 Å². The van der Waals surface area contributed by atoms with Gasteiger partial charge in [0.2, 0.25) is 0 Å². The Balaban J connectivity index is 1.52. The average Bonchev–Trinajstić information content (AvgIpc) is 3.11. The smallest absolute Gasteiger partial charge is 0.261 e. The monoisotopic (exact) mass is 444 g/mol. The second-order valence-corrected chi connectivity index (χ2v) is 7.80. The molecule has 0 bridgehead atoms. The van der Waals surface area contributed by atoms with Crippen molar-refractivity contribution in [2.45, 2.75) is 6.92 Å². The highest BCUT2D eigenvalue weighted by atomic mass is 35.5. The molecule has 1 aromatic heterocycles. The number of methoxy groups -OCH3 is 1. The molecule has 0 aliphatic rings. The largest absolute Gasteiger partial charge is 0.497 e. The molecule has 0 unspecified atom stereocenters. The van der Waals surface area contributed by atoms with E-state index < -0.39 is 0 Å². The van der Waals surface area contributed by atoms with Crippen molar-refractivity contribution in [1.29, 1.82) is 0 Å². The molecule has 156 valence electrons. The Labute approximate surface area is 183 Å². The first-order chi connectivity index (χ1) is 14.5. The third-order valence-corrected chi connectivity index (χ3v) is 5.68. The quantitative estimate of drug-likeness (QED) is 0.490. The van der Waals surface area contributed by atoms with Crippen molar-refractivity contribution in [3.8, 4) is 11.5 Å². The van der Waals surface area contributed by atoms with Crippen LogP contribution in [0, 0.1) is 6.92 Å². The van der Waals surface area contributed by atoms with Crippen LogP contribution in [0.4, 0.5) is 5.00 Å². The van der Waals surface area contributed by atoms with Crippen molar-refractivity contribution < 1.29 is 19.1 Å². The fourth-order valence-electron chi connectivity index (χ4n) is 2.68. The molecule has 0 aliphatic heterocycles. The number of amides is 2. The molecular weight excluding hydrogens is 424 g/mol. The van der Waals surface area contributed by atoms with Crippen LogP contribution in [0.25, 0.3) is 0 Å². The minimum absolute atomic E-state index is 0.214. The van der Waals surface area contributed by atoms with Crippen LogP contribution in [0.15, 0.2) is 54.6 Å². The van der Waals surface area contributed by atoms with Gasteiger partial charge < -0.3 is 20.1 Å². The molecule has 1 heterocycles. The molecule has 8 heteroatoms. The number of carbonyl (C=O) groups is 2. The number of anilines is 1. The lowest BCUT2D eigenvalue weighted by Crippen LogP contribution is -2.27. The Bertz CT molecular complexity index is 1030. The van der Waals surface area contributed by atoms with E-state index in [2.05, 4.69) is 10.6 Å². The van der Waals surface area contributed by atoms with Crippen LogP contribution in [-0.4, -0.2) is 32.1 Å². The summed E-state index contributed by atoms with van der Waals surface area (Å²) in [6.07, 6.45) is 0. The highest BCUT2D eigenvalue weighted by Gasteiger charge is 2.16. The van der Waals surface area contributed by atoms with E-state index in [9.17, 15) is 9.59 Å². The second-order valence-electron chi connectivity index (χ2n) is 6.34. The normalized spacial score (nSPS) is 10.4. The maximum absolute atomic E-state index is 12.5. The van der Waals surface area contributed by atoms with Gasteiger partial charge in [-0.25, -0.2) is 0 Å². The predicted molar refractivity (Wildman–Crippen MR) is 119 cm³/mol. The molecule has 3 rings (SSSR count). The van der Waals surface area contributed by atoms with E-state index in [1.165, 1.54) is 11.3 Å². The number of nitrogens with one attached hydrogen (secondary N) is 2. The Morgan fingerprint density at radius 2 is 1.73 bits per heavy atom. The zero-order valence-electron chi connectivity index (χ0n) is 16.5. The van der Waals surface area contributed by atoms with E-state index >= 15 is 0 Å². The van der Waals surface area contributed by atoms with E-state index in [0.29, 0.717) is 39.4 Å². The number of halogens is 1. The number of ether oxygens (including phenoxy) is 2. The van der Waals surface area contributed by atoms with Gasteiger partial charge in [-0.1, -0.05) is 23.7 Å². The summed E-state index contributed by atoms with van der Waals surface area (Å²) in [5, 5.41) is 6.58. The molecule has 0 atom stereocenters. The van der Waals surface area contributed by atoms with Crippen molar-refractivity contribution >= 4 is 39.8 Å². The van der Waals surface area contributed by atoms with Crippen LogP contribution >= 0.6 is 22.9 Å². The zero-order chi connectivity index (χ0) is 21.5. The Kier molecular flexibility index (Phi) is 7.32. The molecule has 0 radical (unpaired) electrons. The summed E-state index contributed by atoms with van der Waals surface area (Å²) in [7, 11) is 1.60. The summed E-state index contributed by atoms with van der Waals surface area (Å²) in [5.74, 6) is 0.916. The standard InChI is InChI=1S/C22H21ClN2O4S/c1-14-13-19(25-21(26)17-5-3-4-6-18(17)23)30-20(14)22(27)24-11-12-29-16-9-7-15(28-2)8-10-16/h3-10,13H,11-12H2,1-2H3,(H,24,27)(H,25,26). The molecule has 0 spiro atoms. The summed E-state index contributed by atoms with van der Waals surface area (Å²) in [4.78, 5) is 25.4. The summed E-state index contributed by atoms with van der Waals surface area (Å²) < 4.78 is 10.7. The van der Waals surface area contributed by atoms with E-state index in [1.807, 2.05) is 6.92 Å². The van der Waals surface area contributed by atoms with Crippen LogP contribution in [0.5, 0.6) is 11.5 Å². The van der Waals surface area contributed by atoms with Gasteiger partial charge in [0.15, 0.2) is 0 Å². The van der Waals surface area contributed by atoms with Gasteiger partial charge in [0.1, 0.15) is 18.1 Å². The highest BCUT2D eigenvalue weighted by Crippen LogP contribution is 2.27. The van der Waals surface area contributed by atoms with Crippen molar-refractivity contribution in [3.63, 3.8) is 0 Å². The van der Waals surface area contributed by atoms with Gasteiger partial charge in [0, 0.05) is 0 Å². The maximum Gasteiger partial charge on any atom is 0.261 e. The van der Waals surface area contributed by atoms with Crippen LogP contribution in [0.2, 0.25) is 5.02 Å². The van der Waals surface area contributed by atoms with E-state index in [-0.39, 0.29) is 11.8 Å². The van der Waals surface area contributed by atoms with Gasteiger partial charge in [-0.05, 0) is 55.0 Å². The average molecular weight is 445 g/mol. The third kappa shape index (κ3) is 5.52. The molecule has 0 saturated carbocycles. The summed E-state index contributed by atoms with van der Waals surface area (Å²) >= 11 is 7.28. The minimum atomic E-state index is -0.318. The van der Waals surface area contributed by atoms with Crippen LogP contribution in [0.3, 0.4) is 0 Å². The molecule has 2 amide bonds. The van der Waals surface area contributed by atoms with Crippen molar-refractivity contribution in [2.24, 2.45) is 0 Å². The Hall–Kier alpha value is -3.03. The Morgan fingerprint density at radius 3 is 2.43 bits per heavy atom. The van der Waals surface area contributed by atoms with E-state index in [1.54, 1.807) is 61.7 Å². The molecule has 0 aliphatic carbocycles. The molecule has 3 aromatic rings. The molecule has 6 nitrogen and oxygen atoms in total. The number of hydrogen-bond donors (Lipinski definition) is 2. The fourth-order valence-corrected chi connectivity index (χ4v) is 3.89. The number of thiophene rings is 1. The topological polar surface area (TPSA) is 76.7 Å². The molecule has 0 saturated heterocycles. The molecule has 2 aromatic carbocycles. The lowest BCUT2D eigenvalue weighted by Gasteiger charge is -2.08.